The van der Waals surface area contributed by atoms with E-state index in [1.54, 1.807) is 11.0 Å². The molecule has 2 heterocycles. The molecule has 2 saturated heterocycles. The van der Waals surface area contributed by atoms with Gasteiger partial charge in [0.05, 0.1) is 19.6 Å². The number of benzene rings is 2. The number of nitrogens with zero attached hydrogens (tertiary/aromatic N) is 2. The second-order valence-electron chi connectivity index (χ2n) is 8.94. The summed E-state index contributed by atoms with van der Waals surface area (Å²) in [5, 5.41) is 0.672. The molecule has 7 heteroatoms. The maximum atomic E-state index is 13.2. The molecule has 0 bridgehead atoms. The Labute approximate surface area is 200 Å². The number of hydrogen-bond donors (Lipinski definition) is 0. The highest BCUT2D eigenvalue weighted by Crippen LogP contribution is 2.28. The minimum Gasteiger partial charge on any atom is -0.490 e. The minimum atomic E-state index is -0.912. The molecule has 0 N–H and O–H groups in total. The fourth-order valence-corrected chi connectivity index (χ4v) is 4.60. The Hall–Kier alpha value is -2.57. The number of piperidine rings is 1. The van der Waals surface area contributed by atoms with Crippen molar-refractivity contribution in [1.29, 1.82) is 0 Å². The van der Waals surface area contributed by atoms with Crippen LogP contribution in [0, 0.1) is 6.92 Å². The van der Waals surface area contributed by atoms with E-state index in [9.17, 15) is 9.59 Å². The van der Waals surface area contributed by atoms with Crippen molar-refractivity contribution in [2.75, 3.05) is 39.4 Å². The van der Waals surface area contributed by atoms with Crippen molar-refractivity contribution in [3.05, 3.63) is 64.7 Å². The summed E-state index contributed by atoms with van der Waals surface area (Å²) < 4.78 is 12.3. The van der Waals surface area contributed by atoms with E-state index in [0.717, 1.165) is 37.9 Å². The molecule has 2 fully saturated rings. The summed E-state index contributed by atoms with van der Waals surface area (Å²) in [7, 11) is 0. The second kappa shape index (κ2) is 10.6. The highest BCUT2D eigenvalue weighted by Gasteiger charge is 2.42. The number of rotatable bonds is 6. The third-order valence-corrected chi connectivity index (χ3v) is 6.79. The lowest BCUT2D eigenvalue weighted by molar-refractivity contribution is -0.153. The number of likely N-dealkylation sites (tertiary alicyclic amines) is 1. The zero-order valence-electron chi connectivity index (χ0n) is 19.1. The molecule has 0 radical (unpaired) electrons. The van der Waals surface area contributed by atoms with Crippen LogP contribution in [0.2, 0.25) is 5.02 Å². The fourth-order valence-electron chi connectivity index (χ4n) is 4.48. The van der Waals surface area contributed by atoms with Crippen molar-refractivity contribution < 1.29 is 19.1 Å². The molecule has 2 amide bonds. The van der Waals surface area contributed by atoms with Crippen molar-refractivity contribution in [2.24, 2.45) is 0 Å². The smallest absolute Gasteiger partial charge is 0.254 e. The number of morpholine rings is 1. The van der Waals surface area contributed by atoms with Gasteiger partial charge in [0.25, 0.3) is 5.91 Å². The zero-order valence-corrected chi connectivity index (χ0v) is 19.9. The Balaban J connectivity index is 1.53. The lowest BCUT2D eigenvalue weighted by Gasteiger charge is -2.43. The highest BCUT2D eigenvalue weighted by atomic mass is 35.5. The van der Waals surface area contributed by atoms with Crippen LogP contribution in [0.3, 0.4) is 0 Å². The van der Waals surface area contributed by atoms with Gasteiger partial charge in [-0.05, 0) is 62.1 Å². The van der Waals surface area contributed by atoms with Gasteiger partial charge < -0.3 is 19.3 Å². The van der Waals surface area contributed by atoms with E-state index in [2.05, 4.69) is 0 Å². The molecular weight excluding hydrogens is 440 g/mol. The topological polar surface area (TPSA) is 59.1 Å². The van der Waals surface area contributed by atoms with Crippen LogP contribution in [0.5, 0.6) is 5.75 Å². The molecule has 2 aliphatic rings. The van der Waals surface area contributed by atoms with Gasteiger partial charge in [0.15, 0.2) is 0 Å². The molecule has 6 nitrogen and oxygen atoms in total. The molecule has 0 saturated carbocycles. The number of carbonyl (C=O) groups excluding carboxylic acids is 2. The van der Waals surface area contributed by atoms with Crippen LogP contribution < -0.4 is 4.74 Å². The molecule has 4 rings (SSSR count). The fraction of sp³-hybridized carbons (Fsp3) is 0.462. The van der Waals surface area contributed by atoms with E-state index in [-0.39, 0.29) is 24.8 Å². The Morgan fingerprint density at radius 2 is 1.79 bits per heavy atom. The first kappa shape index (κ1) is 23.6. The SMILES string of the molecule is Cc1cc(OC[C@@]2(CC(=O)N3CCCCC3)CN(C(=O)c3ccccc3)CCO2)ccc1Cl. The quantitative estimate of drug-likeness (QED) is 0.630. The summed E-state index contributed by atoms with van der Waals surface area (Å²) in [6.45, 7) is 4.78. The maximum Gasteiger partial charge on any atom is 0.254 e. The highest BCUT2D eigenvalue weighted by molar-refractivity contribution is 6.31. The van der Waals surface area contributed by atoms with Gasteiger partial charge in [-0.3, -0.25) is 9.59 Å². The second-order valence-corrected chi connectivity index (χ2v) is 9.35. The van der Waals surface area contributed by atoms with Crippen LogP contribution in [0.4, 0.5) is 0 Å². The zero-order chi connectivity index (χ0) is 23.3. The summed E-state index contributed by atoms with van der Waals surface area (Å²) >= 11 is 6.15. The van der Waals surface area contributed by atoms with Gasteiger partial charge in [-0.15, -0.1) is 0 Å². The summed E-state index contributed by atoms with van der Waals surface area (Å²) in [5.74, 6) is 0.660. The Morgan fingerprint density at radius 1 is 1.03 bits per heavy atom. The molecular formula is C26H31ClN2O4. The molecule has 176 valence electrons. The van der Waals surface area contributed by atoms with E-state index in [4.69, 9.17) is 21.1 Å². The normalized spacial score (nSPS) is 21.0. The van der Waals surface area contributed by atoms with Gasteiger partial charge in [-0.2, -0.15) is 0 Å². The van der Waals surface area contributed by atoms with E-state index in [0.29, 0.717) is 36.0 Å². The number of halogens is 1. The summed E-state index contributed by atoms with van der Waals surface area (Å²) in [6, 6.07) is 14.7. The monoisotopic (exact) mass is 470 g/mol. The average Bonchev–Trinajstić information content (AvgIpc) is 2.85. The molecule has 0 spiro atoms. The molecule has 2 aliphatic heterocycles. The first-order valence-corrected chi connectivity index (χ1v) is 12.0. The first-order valence-electron chi connectivity index (χ1n) is 11.6. The predicted octanol–water partition coefficient (Wildman–Crippen LogP) is 4.34. The number of hydrogen-bond acceptors (Lipinski definition) is 4. The van der Waals surface area contributed by atoms with E-state index in [1.807, 2.05) is 54.3 Å². The third kappa shape index (κ3) is 5.87. The molecule has 2 aromatic rings. The lowest BCUT2D eigenvalue weighted by atomic mass is 9.95. The Bertz CT molecular complexity index is 978. The number of carbonyl (C=O) groups is 2. The predicted molar refractivity (Wildman–Crippen MR) is 128 cm³/mol. The maximum absolute atomic E-state index is 13.2. The van der Waals surface area contributed by atoms with Gasteiger partial charge in [-0.1, -0.05) is 29.8 Å². The van der Waals surface area contributed by atoms with Crippen molar-refractivity contribution >= 4 is 23.4 Å². The molecule has 2 aromatic carbocycles. The summed E-state index contributed by atoms with van der Waals surface area (Å²) in [5.41, 5.74) is 0.632. The molecule has 1 atom stereocenters. The average molecular weight is 471 g/mol. The van der Waals surface area contributed by atoms with Gasteiger partial charge in [0, 0.05) is 30.2 Å². The van der Waals surface area contributed by atoms with E-state index in [1.165, 1.54) is 0 Å². The number of amides is 2. The van der Waals surface area contributed by atoms with Gasteiger partial charge in [0.2, 0.25) is 5.91 Å². The summed E-state index contributed by atoms with van der Waals surface area (Å²) in [6.07, 6.45) is 3.39. The van der Waals surface area contributed by atoms with Gasteiger partial charge in [0.1, 0.15) is 18.0 Å². The van der Waals surface area contributed by atoms with Crippen LogP contribution in [0.15, 0.2) is 48.5 Å². The minimum absolute atomic E-state index is 0.0552. The molecule has 33 heavy (non-hydrogen) atoms. The third-order valence-electron chi connectivity index (χ3n) is 6.37. The Morgan fingerprint density at radius 3 is 2.52 bits per heavy atom. The first-order chi connectivity index (χ1) is 16.0. The molecule has 0 aliphatic carbocycles. The number of aryl methyl sites for hydroxylation is 1. The van der Waals surface area contributed by atoms with Crippen molar-refractivity contribution in [3.8, 4) is 5.75 Å². The largest absolute Gasteiger partial charge is 0.490 e. The standard InChI is InChI=1S/C26H31ClN2O4/c1-20-16-22(10-11-23(20)27)32-19-26(17-24(30)28-12-6-3-7-13-28)18-29(14-15-33-26)25(31)21-8-4-2-5-9-21/h2,4-5,8-11,16H,3,6-7,12-15,17-19H2,1H3/t26-/m1/s1. The molecule has 0 aromatic heterocycles. The van der Waals surface area contributed by atoms with E-state index < -0.39 is 5.60 Å². The van der Waals surface area contributed by atoms with Crippen LogP contribution >= 0.6 is 11.6 Å². The summed E-state index contributed by atoms with van der Waals surface area (Å²) in [4.78, 5) is 30.0. The van der Waals surface area contributed by atoms with E-state index >= 15 is 0 Å². The molecule has 0 unspecified atom stereocenters. The lowest BCUT2D eigenvalue weighted by Crippen LogP contribution is -2.58. The van der Waals surface area contributed by atoms with Gasteiger partial charge >= 0.3 is 0 Å². The van der Waals surface area contributed by atoms with Gasteiger partial charge in [-0.25, -0.2) is 0 Å². The Kier molecular flexibility index (Phi) is 7.56. The van der Waals surface area contributed by atoms with Crippen molar-refractivity contribution in [1.82, 2.24) is 9.80 Å². The van der Waals surface area contributed by atoms with Crippen LogP contribution in [0.25, 0.3) is 0 Å². The van der Waals surface area contributed by atoms with Crippen LogP contribution in [-0.2, 0) is 9.53 Å². The number of ether oxygens (including phenoxy) is 2. The van der Waals surface area contributed by atoms with Crippen LogP contribution in [0.1, 0.15) is 41.6 Å². The van der Waals surface area contributed by atoms with Crippen molar-refractivity contribution in [3.63, 3.8) is 0 Å². The van der Waals surface area contributed by atoms with Crippen LogP contribution in [-0.4, -0.2) is 66.6 Å². The van der Waals surface area contributed by atoms with Crippen molar-refractivity contribution in [2.45, 2.75) is 38.2 Å².